The molecule has 1 amide bonds. The maximum absolute atomic E-state index is 13.5. The van der Waals surface area contributed by atoms with Gasteiger partial charge in [0.25, 0.3) is 5.91 Å². The summed E-state index contributed by atoms with van der Waals surface area (Å²) in [7, 11) is 0. The largest absolute Gasteiger partial charge is 0.337 e. The SMILES string of the molecule is Cc1ccc(-n2nccn2)c(C(=O)N2CCCC2c2nc(-c3cccnc3)no2)c1. The Bertz CT molecular complexity index is 1170. The molecule has 0 N–H and O–H groups in total. The lowest BCUT2D eigenvalue weighted by molar-refractivity contribution is 0.0709. The van der Waals surface area contributed by atoms with E-state index in [1.54, 1.807) is 29.7 Å². The van der Waals surface area contributed by atoms with Gasteiger partial charge in [-0.25, -0.2) is 0 Å². The highest BCUT2D eigenvalue weighted by atomic mass is 16.5. The summed E-state index contributed by atoms with van der Waals surface area (Å²) in [6, 6.07) is 9.09. The van der Waals surface area contributed by atoms with Crippen molar-refractivity contribution in [3.8, 4) is 17.1 Å². The zero-order valence-electron chi connectivity index (χ0n) is 16.3. The summed E-state index contributed by atoms with van der Waals surface area (Å²) >= 11 is 0. The van der Waals surface area contributed by atoms with E-state index in [0.717, 1.165) is 24.0 Å². The van der Waals surface area contributed by atoms with Crippen molar-refractivity contribution in [3.05, 3.63) is 72.1 Å². The van der Waals surface area contributed by atoms with Crippen LogP contribution in [0.2, 0.25) is 0 Å². The van der Waals surface area contributed by atoms with Crippen molar-refractivity contribution in [2.45, 2.75) is 25.8 Å². The van der Waals surface area contributed by atoms with E-state index in [0.29, 0.717) is 29.5 Å². The molecule has 150 valence electrons. The first-order valence-electron chi connectivity index (χ1n) is 9.73. The zero-order chi connectivity index (χ0) is 20.5. The van der Waals surface area contributed by atoms with Crippen LogP contribution in [0.3, 0.4) is 0 Å². The minimum absolute atomic E-state index is 0.102. The van der Waals surface area contributed by atoms with Gasteiger partial charge < -0.3 is 9.42 Å². The molecule has 0 aliphatic carbocycles. The van der Waals surface area contributed by atoms with Crippen LogP contribution in [0.25, 0.3) is 17.1 Å². The van der Waals surface area contributed by atoms with Crippen LogP contribution < -0.4 is 0 Å². The Labute approximate surface area is 172 Å². The van der Waals surface area contributed by atoms with E-state index in [4.69, 9.17) is 4.52 Å². The molecule has 9 heteroatoms. The lowest BCUT2D eigenvalue weighted by Crippen LogP contribution is -2.31. The molecule has 5 rings (SSSR count). The molecular weight excluding hydrogens is 382 g/mol. The van der Waals surface area contributed by atoms with Gasteiger partial charge in [-0.3, -0.25) is 9.78 Å². The monoisotopic (exact) mass is 401 g/mol. The molecular formula is C21H19N7O2. The minimum atomic E-state index is -0.269. The van der Waals surface area contributed by atoms with E-state index in [-0.39, 0.29) is 11.9 Å². The van der Waals surface area contributed by atoms with Gasteiger partial charge in [0.05, 0.1) is 23.6 Å². The highest BCUT2D eigenvalue weighted by Gasteiger charge is 2.35. The zero-order valence-corrected chi connectivity index (χ0v) is 16.3. The second-order valence-electron chi connectivity index (χ2n) is 7.19. The summed E-state index contributed by atoms with van der Waals surface area (Å²) in [4.78, 5) is 25.4. The van der Waals surface area contributed by atoms with E-state index in [1.807, 2.05) is 37.3 Å². The third-order valence-electron chi connectivity index (χ3n) is 5.18. The average molecular weight is 401 g/mol. The van der Waals surface area contributed by atoms with E-state index >= 15 is 0 Å². The van der Waals surface area contributed by atoms with Crippen LogP contribution in [0.15, 0.2) is 59.6 Å². The molecule has 4 aromatic rings. The molecule has 1 aromatic carbocycles. The summed E-state index contributed by atoms with van der Waals surface area (Å²) in [5, 5.41) is 12.5. The summed E-state index contributed by atoms with van der Waals surface area (Å²) < 4.78 is 5.53. The third-order valence-corrected chi connectivity index (χ3v) is 5.18. The van der Waals surface area contributed by atoms with Gasteiger partial charge in [0, 0.05) is 24.5 Å². The first-order valence-corrected chi connectivity index (χ1v) is 9.73. The Hall–Kier alpha value is -3.88. The molecule has 1 aliphatic heterocycles. The molecule has 0 bridgehead atoms. The van der Waals surface area contributed by atoms with E-state index in [2.05, 4.69) is 25.3 Å². The van der Waals surface area contributed by atoms with Crippen LogP contribution in [0.1, 0.15) is 40.7 Å². The van der Waals surface area contributed by atoms with Gasteiger partial charge in [0.1, 0.15) is 6.04 Å². The van der Waals surface area contributed by atoms with E-state index in [1.165, 1.54) is 4.80 Å². The van der Waals surface area contributed by atoms with Crippen LogP contribution in [0.4, 0.5) is 0 Å². The number of carbonyl (C=O) groups excluding carboxylic acids is 1. The number of pyridine rings is 1. The molecule has 4 heterocycles. The van der Waals surface area contributed by atoms with Crippen molar-refractivity contribution in [2.24, 2.45) is 0 Å². The third kappa shape index (κ3) is 3.24. The predicted molar refractivity (Wildman–Crippen MR) is 107 cm³/mol. The molecule has 30 heavy (non-hydrogen) atoms. The van der Waals surface area contributed by atoms with Gasteiger partial charge in [-0.15, -0.1) is 0 Å². The number of benzene rings is 1. The van der Waals surface area contributed by atoms with Crippen molar-refractivity contribution < 1.29 is 9.32 Å². The fraction of sp³-hybridized carbons (Fsp3) is 0.238. The van der Waals surface area contributed by atoms with Crippen molar-refractivity contribution >= 4 is 5.91 Å². The van der Waals surface area contributed by atoms with Crippen molar-refractivity contribution in [1.29, 1.82) is 0 Å². The van der Waals surface area contributed by atoms with E-state index < -0.39 is 0 Å². The highest BCUT2D eigenvalue weighted by Crippen LogP contribution is 2.34. The van der Waals surface area contributed by atoms with Crippen LogP contribution in [-0.2, 0) is 0 Å². The number of likely N-dealkylation sites (tertiary alicyclic amines) is 1. The lowest BCUT2D eigenvalue weighted by Gasteiger charge is -2.23. The number of carbonyl (C=O) groups is 1. The highest BCUT2D eigenvalue weighted by molar-refractivity contribution is 5.98. The Morgan fingerprint density at radius 2 is 2.03 bits per heavy atom. The number of aromatic nitrogens is 6. The number of nitrogens with zero attached hydrogens (tertiary/aromatic N) is 7. The normalized spacial score (nSPS) is 16.2. The second-order valence-corrected chi connectivity index (χ2v) is 7.19. The minimum Gasteiger partial charge on any atom is -0.337 e. The van der Waals surface area contributed by atoms with Gasteiger partial charge in [0.2, 0.25) is 11.7 Å². The fourth-order valence-electron chi connectivity index (χ4n) is 3.74. The van der Waals surface area contributed by atoms with Crippen molar-refractivity contribution in [3.63, 3.8) is 0 Å². The lowest BCUT2D eigenvalue weighted by atomic mass is 10.1. The van der Waals surface area contributed by atoms with Crippen molar-refractivity contribution in [1.82, 2.24) is 35.0 Å². The molecule has 1 aliphatic rings. The molecule has 0 saturated carbocycles. The topological polar surface area (TPSA) is 103 Å². The molecule has 1 unspecified atom stereocenters. The van der Waals surface area contributed by atoms with Gasteiger partial charge in [0.15, 0.2) is 0 Å². The second kappa shape index (κ2) is 7.51. The fourth-order valence-corrected chi connectivity index (χ4v) is 3.74. The molecule has 9 nitrogen and oxygen atoms in total. The van der Waals surface area contributed by atoms with Gasteiger partial charge in [-0.2, -0.15) is 20.0 Å². The Kier molecular flexibility index (Phi) is 4.55. The number of amides is 1. The Morgan fingerprint density at radius 1 is 1.17 bits per heavy atom. The number of hydrogen-bond donors (Lipinski definition) is 0. The average Bonchev–Trinajstić information content (AvgIpc) is 3.55. The number of rotatable bonds is 4. The maximum Gasteiger partial charge on any atom is 0.256 e. The molecule has 0 spiro atoms. The predicted octanol–water partition coefficient (Wildman–Crippen LogP) is 3.00. The summed E-state index contributed by atoms with van der Waals surface area (Å²) in [5.74, 6) is 0.801. The van der Waals surface area contributed by atoms with E-state index in [9.17, 15) is 4.79 Å². The first kappa shape index (κ1) is 18.2. The van der Waals surface area contributed by atoms with Crippen LogP contribution in [0.5, 0.6) is 0 Å². The molecule has 3 aromatic heterocycles. The molecule has 1 fully saturated rings. The first-order chi connectivity index (χ1) is 14.7. The summed E-state index contributed by atoms with van der Waals surface area (Å²) in [6.07, 6.45) is 8.18. The summed E-state index contributed by atoms with van der Waals surface area (Å²) in [6.45, 7) is 2.57. The van der Waals surface area contributed by atoms with Crippen LogP contribution in [-0.4, -0.2) is 47.5 Å². The van der Waals surface area contributed by atoms with Gasteiger partial charge in [-0.1, -0.05) is 16.8 Å². The quantitative estimate of drug-likeness (QED) is 0.518. The maximum atomic E-state index is 13.5. The summed E-state index contributed by atoms with van der Waals surface area (Å²) in [5.41, 5.74) is 2.95. The Balaban J connectivity index is 1.47. The van der Waals surface area contributed by atoms with Gasteiger partial charge in [-0.05, 0) is 44.0 Å². The molecule has 0 radical (unpaired) electrons. The van der Waals surface area contributed by atoms with Gasteiger partial charge >= 0.3 is 0 Å². The standard InChI is InChI=1S/C21H19N7O2/c1-14-6-7-17(28-23-9-10-24-28)16(12-14)21(29)27-11-3-5-18(27)20-25-19(26-30-20)15-4-2-8-22-13-15/h2,4,6-10,12-13,18H,3,5,11H2,1H3. The molecule has 1 atom stereocenters. The Morgan fingerprint density at radius 3 is 2.83 bits per heavy atom. The van der Waals surface area contributed by atoms with Crippen LogP contribution in [0, 0.1) is 6.92 Å². The number of hydrogen-bond acceptors (Lipinski definition) is 7. The molecule has 1 saturated heterocycles. The smallest absolute Gasteiger partial charge is 0.256 e. The van der Waals surface area contributed by atoms with Crippen molar-refractivity contribution in [2.75, 3.05) is 6.54 Å². The number of aryl methyl sites for hydroxylation is 1. The van der Waals surface area contributed by atoms with Crippen LogP contribution >= 0.6 is 0 Å².